The van der Waals surface area contributed by atoms with E-state index < -0.39 is 16.8 Å². The van der Waals surface area contributed by atoms with E-state index in [0.717, 1.165) is 63.6 Å². The molecule has 2 aliphatic heterocycles. The first kappa shape index (κ1) is 50.7. The van der Waals surface area contributed by atoms with Crippen LogP contribution in [-0.4, -0.2) is 58.4 Å². The number of hydrogen-bond acceptors (Lipinski definition) is 5. The van der Waals surface area contributed by atoms with E-state index in [1.54, 1.807) is 16.7 Å². The molecule has 60 heavy (non-hydrogen) atoms. The molecule has 0 radical (unpaired) electrons. The van der Waals surface area contributed by atoms with Crippen LogP contribution in [0.4, 0.5) is 0 Å². The van der Waals surface area contributed by atoms with Crippen molar-refractivity contribution in [1.29, 1.82) is 0 Å². The number of rotatable bonds is 15. The van der Waals surface area contributed by atoms with E-state index in [4.69, 9.17) is 33.0 Å². The Morgan fingerprint density at radius 3 is 1.42 bits per heavy atom. The number of carboxylic acids is 1. The van der Waals surface area contributed by atoms with Crippen LogP contribution in [0, 0.1) is 22.7 Å². The average molecular weight is 868 g/mol. The van der Waals surface area contributed by atoms with Gasteiger partial charge in [0.2, 0.25) is 11.8 Å². The molecule has 2 aliphatic rings. The van der Waals surface area contributed by atoms with Crippen LogP contribution in [0.2, 0.25) is 10.0 Å². The van der Waals surface area contributed by atoms with E-state index in [9.17, 15) is 19.2 Å². The highest BCUT2D eigenvalue weighted by atomic mass is 35.5. The lowest BCUT2D eigenvalue weighted by Crippen LogP contribution is -2.42. The molecule has 0 unspecified atom stereocenters. The number of aliphatic carboxylic acids is 1. The molecule has 2 heterocycles. The minimum Gasteiger partial charge on any atom is -0.481 e. The number of halogens is 2. The Kier molecular flexibility index (Phi) is 17.7. The number of carbonyl (C=O) groups excluding carboxylic acids is 3. The second kappa shape index (κ2) is 21.0. The zero-order valence-electron chi connectivity index (χ0n) is 38.7. The Balaban J connectivity index is 0.000000321. The molecule has 0 bridgehead atoms. The summed E-state index contributed by atoms with van der Waals surface area (Å²) in [6.07, 6.45) is 8.60. The maximum atomic E-state index is 13.0. The van der Waals surface area contributed by atoms with Crippen LogP contribution in [0.5, 0.6) is 0 Å². The van der Waals surface area contributed by atoms with Crippen LogP contribution in [0.1, 0.15) is 151 Å². The van der Waals surface area contributed by atoms with Gasteiger partial charge >= 0.3 is 11.9 Å². The summed E-state index contributed by atoms with van der Waals surface area (Å²) >= 11 is 13.3. The molecule has 8 nitrogen and oxygen atoms in total. The number of esters is 1. The van der Waals surface area contributed by atoms with Crippen molar-refractivity contribution < 1.29 is 29.0 Å². The summed E-state index contributed by atoms with van der Waals surface area (Å²) in [5, 5.41) is 10.5. The van der Waals surface area contributed by atoms with Gasteiger partial charge in [-0.05, 0) is 101 Å². The van der Waals surface area contributed by atoms with Gasteiger partial charge in [0.05, 0.1) is 19.4 Å². The summed E-state index contributed by atoms with van der Waals surface area (Å²) < 4.78 is 5.01. The van der Waals surface area contributed by atoms with Crippen molar-refractivity contribution in [2.24, 2.45) is 22.7 Å². The van der Waals surface area contributed by atoms with Crippen LogP contribution in [0.3, 0.4) is 0 Å². The number of aryl methyl sites for hydroxylation is 2. The van der Waals surface area contributed by atoms with E-state index in [-0.39, 0.29) is 59.8 Å². The summed E-state index contributed by atoms with van der Waals surface area (Å²) in [4.78, 5) is 51.7. The van der Waals surface area contributed by atoms with Crippen molar-refractivity contribution in [2.45, 2.75) is 152 Å². The molecule has 2 atom stereocenters. The fourth-order valence-corrected chi connectivity index (χ4v) is 8.68. The number of benzene rings is 2. The summed E-state index contributed by atoms with van der Waals surface area (Å²) in [5.41, 5.74) is 6.32. The van der Waals surface area contributed by atoms with Crippen molar-refractivity contribution in [2.75, 3.05) is 19.7 Å². The second-order valence-electron chi connectivity index (χ2n) is 20.1. The van der Waals surface area contributed by atoms with Crippen LogP contribution >= 0.6 is 23.2 Å². The molecule has 2 aromatic rings. The zero-order chi connectivity index (χ0) is 45.4. The fraction of sp³-hybridized carbons (Fsp3) is 0.600. The highest BCUT2D eigenvalue weighted by molar-refractivity contribution is 6.31. The first-order valence-corrected chi connectivity index (χ1v) is 22.4. The number of nitrogens with zero attached hydrogens (tertiary/aromatic N) is 2. The van der Waals surface area contributed by atoms with E-state index in [2.05, 4.69) is 107 Å². The maximum Gasteiger partial charge on any atom is 0.307 e. The Morgan fingerprint density at radius 2 is 1.10 bits per heavy atom. The number of carboxylic acid groups (broad SMARTS) is 1. The van der Waals surface area contributed by atoms with Crippen LogP contribution < -0.4 is 0 Å². The van der Waals surface area contributed by atoms with Crippen molar-refractivity contribution in [3.8, 4) is 0 Å². The standard InChI is InChI=1S/C26H38ClNO3.C24H34ClNO3/c1-8-31-24(30)12-14-28-17-21(18(2)3)26(7,16-23(28)29)20-10-9-19(22(27)15-20)11-13-25(4,5)6;1-16(2)19-15-26(12-10-22(28)29)21(27)14-24(19,6)18-8-7-17(20(25)13-18)9-11-23(3,4)5/h9-10,15,17-18H,8,11-14,16H2,1-7H3;7-8,13,15-16H,9-12,14H2,1-6H3,(H,28,29)/t26-;24-/m00/s1. The van der Waals surface area contributed by atoms with E-state index in [0.29, 0.717) is 26.0 Å². The molecule has 2 aromatic carbocycles. The third-order valence-corrected chi connectivity index (χ3v) is 12.6. The minimum absolute atomic E-state index is 0.0177. The fourth-order valence-electron chi connectivity index (χ4n) is 8.13. The topological polar surface area (TPSA) is 104 Å². The normalized spacial score (nSPS) is 19.9. The molecule has 0 aliphatic carbocycles. The number of amides is 2. The van der Waals surface area contributed by atoms with Crippen molar-refractivity contribution in [3.05, 3.63) is 92.2 Å². The predicted molar refractivity (Wildman–Crippen MR) is 245 cm³/mol. The van der Waals surface area contributed by atoms with Crippen LogP contribution in [0.25, 0.3) is 0 Å². The number of ether oxygens (including phenoxy) is 1. The number of allylic oxidation sites excluding steroid dienone is 2. The molecule has 4 rings (SSSR count). The van der Waals surface area contributed by atoms with E-state index in [1.165, 1.54) is 5.57 Å². The lowest BCUT2D eigenvalue weighted by Gasteiger charge is -2.41. The van der Waals surface area contributed by atoms with Gasteiger partial charge in [0.1, 0.15) is 0 Å². The van der Waals surface area contributed by atoms with Gasteiger partial charge in [0, 0.05) is 59.2 Å². The van der Waals surface area contributed by atoms with Crippen LogP contribution in [0.15, 0.2) is 59.9 Å². The molecule has 0 saturated heterocycles. The second-order valence-corrected chi connectivity index (χ2v) is 20.9. The summed E-state index contributed by atoms with van der Waals surface area (Å²) in [6.45, 7) is 28.8. The molecule has 0 saturated carbocycles. The predicted octanol–water partition coefficient (Wildman–Crippen LogP) is 12.1. The van der Waals surface area contributed by atoms with Gasteiger partial charge in [-0.3, -0.25) is 19.2 Å². The molecular weight excluding hydrogens is 795 g/mol. The van der Waals surface area contributed by atoms with Crippen LogP contribution in [-0.2, 0) is 47.6 Å². The van der Waals surface area contributed by atoms with E-state index in [1.807, 2.05) is 24.5 Å². The SMILES string of the molecule is CC(C)C1=CN(CCC(=O)O)C(=O)C[C@@]1(C)c1ccc(CCC(C)(C)C)c(Cl)c1.CCOC(=O)CCN1C=C(C(C)C)[C@](C)(c2ccc(CCC(C)(C)C)c(Cl)c2)CC1=O. The molecule has 10 heteroatoms. The Hall–Kier alpha value is -3.62. The summed E-state index contributed by atoms with van der Waals surface area (Å²) in [5.74, 6) is -0.735. The third-order valence-electron chi connectivity index (χ3n) is 11.9. The smallest absolute Gasteiger partial charge is 0.307 e. The Labute approximate surface area is 371 Å². The monoisotopic (exact) mass is 866 g/mol. The van der Waals surface area contributed by atoms with E-state index >= 15 is 0 Å². The molecule has 1 N–H and O–H groups in total. The lowest BCUT2D eigenvalue weighted by molar-refractivity contribution is -0.144. The first-order valence-electron chi connectivity index (χ1n) is 21.7. The van der Waals surface area contributed by atoms with Crippen molar-refractivity contribution in [1.82, 2.24) is 9.80 Å². The molecule has 0 aromatic heterocycles. The van der Waals surface area contributed by atoms with Gasteiger partial charge in [-0.25, -0.2) is 0 Å². The zero-order valence-corrected chi connectivity index (χ0v) is 40.2. The average Bonchev–Trinajstić information content (AvgIpc) is 3.12. The van der Waals surface area contributed by atoms with Crippen molar-refractivity contribution >= 4 is 47.0 Å². The van der Waals surface area contributed by atoms with Crippen molar-refractivity contribution in [3.63, 3.8) is 0 Å². The molecule has 332 valence electrons. The number of carbonyl (C=O) groups is 4. The van der Waals surface area contributed by atoms with Gasteiger partial charge in [0.15, 0.2) is 0 Å². The largest absolute Gasteiger partial charge is 0.481 e. The van der Waals surface area contributed by atoms with Gasteiger partial charge in [-0.2, -0.15) is 0 Å². The maximum absolute atomic E-state index is 13.0. The van der Waals surface area contributed by atoms with Gasteiger partial charge in [-0.1, -0.05) is 131 Å². The quantitative estimate of drug-likeness (QED) is 0.179. The Morgan fingerprint density at radius 1 is 0.717 bits per heavy atom. The molecular formula is C50H72Cl2N2O6. The Bertz CT molecular complexity index is 1920. The molecule has 0 fully saturated rings. The van der Waals surface area contributed by atoms with Gasteiger partial charge in [-0.15, -0.1) is 0 Å². The lowest BCUT2D eigenvalue weighted by atomic mass is 9.68. The molecule has 0 spiro atoms. The third kappa shape index (κ3) is 14.0. The highest BCUT2D eigenvalue weighted by Crippen LogP contribution is 2.45. The minimum atomic E-state index is -0.900. The summed E-state index contributed by atoms with van der Waals surface area (Å²) in [6, 6.07) is 12.5. The van der Waals surface area contributed by atoms with Gasteiger partial charge in [0.25, 0.3) is 0 Å². The molecule has 2 amide bonds. The number of hydrogen-bond donors (Lipinski definition) is 1. The van der Waals surface area contributed by atoms with Gasteiger partial charge < -0.3 is 19.6 Å². The summed E-state index contributed by atoms with van der Waals surface area (Å²) in [7, 11) is 0. The highest BCUT2D eigenvalue weighted by Gasteiger charge is 2.42. The first-order chi connectivity index (χ1) is 27.7.